The highest BCUT2D eigenvalue weighted by molar-refractivity contribution is 5.26. The van der Waals surface area contributed by atoms with Gasteiger partial charge in [-0.1, -0.05) is 30.3 Å². The highest BCUT2D eigenvalue weighted by Gasteiger charge is 2.43. The van der Waals surface area contributed by atoms with Crippen LogP contribution in [0.25, 0.3) is 0 Å². The quantitative estimate of drug-likeness (QED) is 0.734. The van der Waals surface area contributed by atoms with Gasteiger partial charge in [0.2, 0.25) is 0 Å². The second kappa shape index (κ2) is 6.15. The van der Waals surface area contributed by atoms with Crippen molar-refractivity contribution in [1.82, 2.24) is 0 Å². The second-order valence-corrected chi connectivity index (χ2v) is 4.55. The minimum Gasteiger partial charge on any atom is -0.390 e. The number of aliphatic hydroxyl groups excluding tert-OH is 1. The van der Waals surface area contributed by atoms with Gasteiger partial charge in [0.25, 0.3) is 0 Å². The molecule has 1 N–H and O–H groups in total. The molecule has 3 heteroatoms. The number of aliphatic hydroxyl groups is 1. The molecule has 0 heterocycles. The molecule has 0 saturated heterocycles. The Labute approximate surface area is 102 Å². The lowest BCUT2D eigenvalue weighted by atomic mass is 10.1. The largest absolute Gasteiger partial charge is 0.390 e. The van der Waals surface area contributed by atoms with E-state index in [1.807, 2.05) is 18.2 Å². The van der Waals surface area contributed by atoms with Crippen molar-refractivity contribution in [3.05, 3.63) is 35.9 Å². The van der Waals surface area contributed by atoms with Crippen LogP contribution in [0.4, 0.5) is 0 Å². The van der Waals surface area contributed by atoms with Crippen molar-refractivity contribution in [2.45, 2.75) is 18.4 Å². The summed E-state index contributed by atoms with van der Waals surface area (Å²) in [6.07, 6.45) is 0.718. The van der Waals surface area contributed by atoms with Crippen molar-refractivity contribution >= 4 is 0 Å². The average molecular weight is 236 g/mol. The Morgan fingerprint density at radius 2 is 2.06 bits per heavy atom. The maximum absolute atomic E-state index is 9.95. The molecule has 3 atom stereocenters. The van der Waals surface area contributed by atoms with Gasteiger partial charge in [-0.3, -0.25) is 0 Å². The number of rotatable bonds is 7. The van der Waals surface area contributed by atoms with E-state index in [2.05, 4.69) is 12.1 Å². The van der Waals surface area contributed by atoms with Gasteiger partial charge in [-0.15, -0.1) is 0 Å². The van der Waals surface area contributed by atoms with Gasteiger partial charge in [0.15, 0.2) is 0 Å². The van der Waals surface area contributed by atoms with Gasteiger partial charge >= 0.3 is 0 Å². The van der Waals surface area contributed by atoms with E-state index < -0.39 is 0 Å². The van der Waals surface area contributed by atoms with Gasteiger partial charge < -0.3 is 14.6 Å². The number of ether oxygens (including phenoxy) is 2. The van der Waals surface area contributed by atoms with Gasteiger partial charge in [0.05, 0.1) is 25.9 Å². The Hall–Kier alpha value is -0.900. The first-order valence-electron chi connectivity index (χ1n) is 6.12. The fourth-order valence-electron chi connectivity index (χ4n) is 2.19. The molecule has 3 unspecified atom stereocenters. The van der Waals surface area contributed by atoms with Crippen LogP contribution in [-0.2, 0) is 9.47 Å². The summed E-state index contributed by atoms with van der Waals surface area (Å²) >= 11 is 0. The monoisotopic (exact) mass is 236 g/mol. The highest BCUT2D eigenvalue weighted by atomic mass is 16.5. The molecule has 0 amide bonds. The number of benzene rings is 1. The summed E-state index contributed by atoms with van der Waals surface area (Å²) in [5, 5.41) is 9.95. The Balaban J connectivity index is 1.71. The predicted octanol–water partition coefficient (Wildman–Crippen LogP) is 1.81. The maximum atomic E-state index is 9.95. The molecular formula is C14H20O3. The summed E-state index contributed by atoms with van der Waals surface area (Å²) < 4.78 is 10.2. The van der Waals surface area contributed by atoms with E-state index in [1.165, 1.54) is 5.56 Å². The molecule has 1 aromatic carbocycles. The van der Waals surface area contributed by atoms with Crippen molar-refractivity contribution in [2.24, 2.45) is 5.92 Å². The topological polar surface area (TPSA) is 38.7 Å². The lowest BCUT2D eigenvalue weighted by Gasteiger charge is -2.10. The van der Waals surface area contributed by atoms with Crippen molar-refractivity contribution in [3.63, 3.8) is 0 Å². The van der Waals surface area contributed by atoms with E-state index in [0.717, 1.165) is 6.42 Å². The molecule has 0 radical (unpaired) electrons. The first-order valence-corrected chi connectivity index (χ1v) is 6.12. The molecule has 3 nitrogen and oxygen atoms in total. The normalized spacial score (nSPS) is 24.6. The standard InChI is InChI=1S/C14H20O3/c1-16-7-8-17-10-14(15)13-9-12(13)11-5-3-2-4-6-11/h2-6,12-15H,7-10H2,1H3. The summed E-state index contributed by atoms with van der Waals surface area (Å²) in [7, 11) is 1.64. The maximum Gasteiger partial charge on any atom is 0.0807 e. The summed E-state index contributed by atoms with van der Waals surface area (Å²) in [5.41, 5.74) is 1.33. The third kappa shape index (κ3) is 3.53. The van der Waals surface area contributed by atoms with Gasteiger partial charge in [-0.05, 0) is 23.8 Å². The van der Waals surface area contributed by atoms with Crippen LogP contribution in [0.1, 0.15) is 17.9 Å². The molecule has 0 bridgehead atoms. The van der Waals surface area contributed by atoms with Crippen LogP contribution in [0.2, 0.25) is 0 Å². The molecule has 0 spiro atoms. The van der Waals surface area contributed by atoms with E-state index in [9.17, 15) is 5.11 Å². The fourth-order valence-corrected chi connectivity index (χ4v) is 2.19. The first kappa shape index (κ1) is 12.6. The SMILES string of the molecule is COCCOCC(O)C1CC1c1ccccc1. The molecular weight excluding hydrogens is 216 g/mol. The van der Waals surface area contributed by atoms with E-state index >= 15 is 0 Å². The van der Waals surface area contributed by atoms with Crippen LogP contribution in [0.15, 0.2) is 30.3 Å². The van der Waals surface area contributed by atoms with Gasteiger partial charge in [0.1, 0.15) is 0 Å². The van der Waals surface area contributed by atoms with E-state index in [4.69, 9.17) is 9.47 Å². The minimum absolute atomic E-state index is 0.350. The van der Waals surface area contributed by atoms with Crippen LogP contribution in [-0.4, -0.2) is 38.1 Å². The Morgan fingerprint density at radius 1 is 1.29 bits per heavy atom. The van der Waals surface area contributed by atoms with Crippen molar-refractivity contribution in [2.75, 3.05) is 26.9 Å². The van der Waals surface area contributed by atoms with Gasteiger partial charge in [-0.25, -0.2) is 0 Å². The zero-order valence-electron chi connectivity index (χ0n) is 10.2. The third-order valence-corrected chi connectivity index (χ3v) is 3.28. The van der Waals surface area contributed by atoms with Crippen LogP contribution in [0.3, 0.4) is 0 Å². The molecule has 0 aliphatic heterocycles. The molecule has 17 heavy (non-hydrogen) atoms. The van der Waals surface area contributed by atoms with Crippen molar-refractivity contribution < 1.29 is 14.6 Å². The Bertz CT molecular complexity index is 325. The van der Waals surface area contributed by atoms with Crippen LogP contribution in [0.5, 0.6) is 0 Å². The van der Waals surface area contributed by atoms with Gasteiger partial charge in [0, 0.05) is 7.11 Å². The van der Waals surface area contributed by atoms with E-state index in [-0.39, 0.29) is 6.10 Å². The van der Waals surface area contributed by atoms with E-state index in [1.54, 1.807) is 7.11 Å². The van der Waals surface area contributed by atoms with Crippen molar-refractivity contribution in [1.29, 1.82) is 0 Å². The molecule has 1 aliphatic carbocycles. The zero-order chi connectivity index (χ0) is 12.1. The number of hydrogen-bond donors (Lipinski definition) is 1. The fraction of sp³-hybridized carbons (Fsp3) is 0.571. The molecule has 1 saturated carbocycles. The molecule has 94 valence electrons. The lowest BCUT2D eigenvalue weighted by Crippen LogP contribution is -2.19. The molecule has 2 rings (SSSR count). The Kier molecular flexibility index (Phi) is 4.54. The first-order chi connectivity index (χ1) is 8.33. The number of hydrogen-bond acceptors (Lipinski definition) is 3. The highest BCUT2D eigenvalue weighted by Crippen LogP contribution is 2.49. The smallest absolute Gasteiger partial charge is 0.0807 e. The summed E-state index contributed by atoms with van der Waals surface area (Å²) in [4.78, 5) is 0. The van der Waals surface area contributed by atoms with Crippen LogP contribution in [0, 0.1) is 5.92 Å². The van der Waals surface area contributed by atoms with Crippen LogP contribution >= 0.6 is 0 Å². The Morgan fingerprint density at radius 3 is 2.76 bits per heavy atom. The second-order valence-electron chi connectivity index (χ2n) is 4.55. The molecule has 1 fully saturated rings. The van der Waals surface area contributed by atoms with E-state index in [0.29, 0.717) is 31.7 Å². The molecule has 0 aromatic heterocycles. The number of methoxy groups -OCH3 is 1. The minimum atomic E-state index is -0.350. The molecule has 1 aliphatic rings. The predicted molar refractivity (Wildman–Crippen MR) is 66.0 cm³/mol. The summed E-state index contributed by atoms with van der Waals surface area (Å²) in [5.74, 6) is 0.872. The summed E-state index contributed by atoms with van der Waals surface area (Å²) in [6.45, 7) is 1.55. The van der Waals surface area contributed by atoms with Gasteiger partial charge in [-0.2, -0.15) is 0 Å². The third-order valence-electron chi connectivity index (χ3n) is 3.28. The lowest BCUT2D eigenvalue weighted by molar-refractivity contribution is 0.00434. The van der Waals surface area contributed by atoms with Crippen LogP contribution < -0.4 is 0 Å². The van der Waals surface area contributed by atoms with Crippen molar-refractivity contribution in [3.8, 4) is 0 Å². The average Bonchev–Trinajstić information content (AvgIpc) is 3.16. The molecule has 1 aromatic rings. The zero-order valence-corrected chi connectivity index (χ0v) is 10.2. The summed E-state index contributed by atoms with van der Waals surface area (Å²) in [6, 6.07) is 10.4.